The maximum Gasteiger partial charge on any atom is 0.230 e. The maximum atomic E-state index is 12.4. The number of hydrogen-bond acceptors (Lipinski definition) is 4. The number of aromatic hydroxyl groups is 1. The van der Waals surface area contributed by atoms with Crippen LogP contribution in [-0.4, -0.2) is 48.6 Å². The number of phenolic OH excluding ortho intramolecular Hbond substituents is 1. The van der Waals surface area contributed by atoms with Gasteiger partial charge in [-0.05, 0) is 25.0 Å². The topological polar surface area (TPSA) is 69.8 Å². The van der Waals surface area contributed by atoms with Crippen LogP contribution in [0, 0.1) is 5.41 Å². The largest absolute Gasteiger partial charge is 0.506 e. The maximum absolute atomic E-state index is 12.4. The molecule has 1 saturated carbocycles. The Morgan fingerprint density at radius 3 is 2.40 bits per heavy atom. The highest BCUT2D eigenvalue weighted by molar-refractivity contribution is 5.86. The van der Waals surface area contributed by atoms with Crippen molar-refractivity contribution in [1.29, 1.82) is 0 Å². The zero-order chi connectivity index (χ0) is 14.2. The van der Waals surface area contributed by atoms with E-state index in [1.54, 1.807) is 6.07 Å². The molecule has 108 valence electrons. The molecule has 0 aromatic heterocycles. The van der Waals surface area contributed by atoms with E-state index in [0.717, 1.165) is 31.6 Å². The van der Waals surface area contributed by atoms with Gasteiger partial charge in [0.1, 0.15) is 5.75 Å². The predicted octanol–water partition coefficient (Wildman–Crippen LogP) is 0.780. The Kier molecular flexibility index (Phi) is 3.30. The number of phenols is 1. The van der Waals surface area contributed by atoms with Crippen LogP contribution in [0.2, 0.25) is 0 Å². The third kappa shape index (κ3) is 2.22. The number of rotatable bonds is 3. The quantitative estimate of drug-likeness (QED) is 0.855. The summed E-state index contributed by atoms with van der Waals surface area (Å²) < 4.78 is 0. The van der Waals surface area contributed by atoms with Gasteiger partial charge in [0.05, 0.1) is 11.1 Å². The van der Waals surface area contributed by atoms with Gasteiger partial charge in [-0.2, -0.15) is 0 Å². The highest BCUT2D eigenvalue weighted by Crippen LogP contribution is 2.46. The Bertz CT molecular complexity index is 506. The number of anilines is 1. The standard InChI is InChI=1S/C15H21N3O2/c16-11-15(5-6-15)14(20)18-9-7-17(8-10-18)12-3-1-2-4-13(12)19/h1-4,19H,5-11,16H2. The van der Waals surface area contributed by atoms with Gasteiger partial charge in [0.2, 0.25) is 5.91 Å². The molecule has 0 spiro atoms. The minimum Gasteiger partial charge on any atom is -0.506 e. The van der Waals surface area contributed by atoms with Gasteiger partial charge in [0.25, 0.3) is 0 Å². The molecule has 5 heteroatoms. The van der Waals surface area contributed by atoms with Crippen molar-refractivity contribution < 1.29 is 9.90 Å². The lowest BCUT2D eigenvalue weighted by atomic mass is 10.1. The molecule has 1 aromatic rings. The first kappa shape index (κ1) is 13.2. The molecule has 3 N–H and O–H groups in total. The zero-order valence-electron chi connectivity index (χ0n) is 11.6. The Morgan fingerprint density at radius 1 is 1.20 bits per heavy atom. The monoisotopic (exact) mass is 275 g/mol. The number of hydrogen-bond donors (Lipinski definition) is 2. The fourth-order valence-electron chi connectivity index (χ4n) is 2.87. The van der Waals surface area contributed by atoms with Crippen molar-refractivity contribution in [3.8, 4) is 5.75 Å². The first-order chi connectivity index (χ1) is 9.66. The van der Waals surface area contributed by atoms with E-state index in [1.165, 1.54) is 0 Å². The van der Waals surface area contributed by atoms with Crippen LogP contribution < -0.4 is 10.6 Å². The summed E-state index contributed by atoms with van der Waals surface area (Å²) in [5.74, 6) is 0.518. The number of piperazine rings is 1. The Hall–Kier alpha value is -1.75. The molecule has 1 heterocycles. The minimum absolute atomic E-state index is 0.219. The number of amides is 1. The van der Waals surface area contributed by atoms with Crippen LogP contribution in [0.4, 0.5) is 5.69 Å². The van der Waals surface area contributed by atoms with Gasteiger partial charge in [0, 0.05) is 32.7 Å². The molecule has 0 bridgehead atoms. The summed E-state index contributed by atoms with van der Waals surface area (Å²) in [7, 11) is 0. The summed E-state index contributed by atoms with van der Waals surface area (Å²) in [6.07, 6.45) is 1.87. The summed E-state index contributed by atoms with van der Waals surface area (Å²) in [5.41, 5.74) is 6.32. The molecule has 5 nitrogen and oxygen atoms in total. The van der Waals surface area contributed by atoms with Crippen molar-refractivity contribution in [2.45, 2.75) is 12.8 Å². The minimum atomic E-state index is -0.253. The van der Waals surface area contributed by atoms with E-state index >= 15 is 0 Å². The first-order valence-electron chi connectivity index (χ1n) is 7.19. The number of nitrogens with two attached hydrogens (primary N) is 1. The van der Waals surface area contributed by atoms with Crippen molar-refractivity contribution >= 4 is 11.6 Å². The molecule has 1 aliphatic heterocycles. The molecule has 1 aliphatic carbocycles. The second-order valence-corrected chi connectivity index (χ2v) is 5.75. The molecule has 1 saturated heterocycles. The lowest BCUT2D eigenvalue weighted by Crippen LogP contribution is -2.51. The van der Waals surface area contributed by atoms with Gasteiger partial charge in [-0.1, -0.05) is 12.1 Å². The average molecular weight is 275 g/mol. The number of benzene rings is 1. The van der Waals surface area contributed by atoms with Gasteiger partial charge < -0.3 is 20.6 Å². The molecule has 3 rings (SSSR count). The highest BCUT2D eigenvalue weighted by Gasteiger charge is 2.50. The van der Waals surface area contributed by atoms with Gasteiger partial charge in [0.15, 0.2) is 0 Å². The number of nitrogens with zero attached hydrogens (tertiary/aromatic N) is 2. The molecule has 1 aromatic carbocycles. The third-order valence-corrected chi connectivity index (χ3v) is 4.49. The normalized spacial score (nSPS) is 20.9. The number of para-hydroxylation sites is 2. The summed E-state index contributed by atoms with van der Waals surface area (Å²) in [6.45, 7) is 3.38. The van der Waals surface area contributed by atoms with Crippen LogP contribution in [0.1, 0.15) is 12.8 Å². The van der Waals surface area contributed by atoms with Crippen molar-refractivity contribution in [2.75, 3.05) is 37.6 Å². The lowest BCUT2D eigenvalue weighted by molar-refractivity contribution is -0.136. The molecular formula is C15H21N3O2. The highest BCUT2D eigenvalue weighted by atomic mass is 16.3. The predicted molar refractivity (Wildman–Crippen MR) is 77.6 cm³/mol. The van der Waals surface area contributed by atoms with E-state index in [0.29, 0.717) is 25.4 Å². The number of carbonyl (C=O) groups is 1. The van der Waals surface area contributed by atoms with Gasteiger partial charge in [-0.15, -0.1) is 0 Å². The molecule has 20 heavy (non-hydrogen) atoms. The van der Waals surface area contributed by atoms with Crippen LogP contribution >= 0.6 is 0 Å². The molecule has 0 atom stereocenters. The van der Waals surface area contributed by atoms with Crippen molar-refractivity contribution in [2.24, 2.45) is 11.1 Å². The van der Waals surface area contributed by atoms with Crippen LogP contribution in [0.5, 0.6) is 5.75 Å². The van der Waals surface area contributed by atoms with E-state index in [1.807, 2.05) is 23.1 Å². The molecule has 1 amide bonds. The van der Waals surface area contributed by atoms with E-state index in [4.69, 9.17) is 5.73 Å². The summed E-state index contributed by atoms with van der Waals surface area (Å²) >= 11 is 0. The van der Waals surface area contributed by atoms with Crippen molar-refractivity contribution in [3.05, 3.63) is 24.3 Å². The molecule has 0 unspecified atom stereocenters. The van der Waals surface area contributed by atoms with E-state index in [2.05, 4.69) is 4.90 Å². The van der Waals surface area contributed by atoms with Gasteiger partial charge in [-0.3, -0.25) is 4.79 Å². The fraction of sp³-hybridized carbons (Fsp3) is 0.533. The zero-order valence-corrected chi connectivity index (χ0v) is 11.6. The van der Waals surface area contributed by atoms with Crippen LogP contribution in [-0.2, 0) is 4.79 Å². The third-order valence-electron chi connectivity index (χ3n) is 4.49. The van der Waals surface area contributed by atoms with E-state index < -0.39 is 0 Å². The van der Waals surface area contributed by atoms with Crippen molar-refractivity contribution in [1.82, 2.24) is 4.90 Å². The van der Waals surface area contributed by atoms with E-state index in [9.17, 15) is 9.90 Å². The van der Waals surface area contributed by atoms with Gasteiger partial charge in [-0.25, -0.2) is 0 Å². The second-order valence-electron chi connectivity index (χ2n) is 5.75. The molecular weight excluding hydrogens is 254 g/mol. The average Bonchev–Trinajstić information content (AvgIpc) is 3.28. The van der Waals surface area contributed by atoms with E-state index in [-0.39, 0.29) is 11.3 Å². The summed E-state index contributed by atoms with van der Waals surface area (Å²) in [5, 5.41) is 9.88. The Labute approximate surface area is 119 Å². The Morgan fingerprint density at radius 2 is 1.85 bits per heavy atom. The molecule has 0 radical (unpaired) electrons. The molecule has 2 fully saturated rings. The Balaban J connectivity index is 1.63. The van der Waals surface area contributed by atoms with Crippen LogP contribution in [0.25, 0.3) is 0 Å². The summed E-state index contributed by atoms with van der Waals surface area (Å²) in [6, 6.07) is 7.34. The smallest absolute Gasteiger partial charge is 0.230 e. The SMILES string of the molecule is NCC1(C(=O)N2CCN(c3ccccc3O)CC2)CC1. The second kappa shape index (κ2) is 4.98. The van der Waals surface area contributed by atoms with Crippen LogP contribution in [0.3, 0.4) is 0 Å². The number of carbonyl (C=O) groups excluding carboxylic acids is 1. The van der Waals surface area contributed by atoms with Crippen LogP contribution in [0.15, 0.2) is 24.3 Å². The molecule has 2 aliphatic rings. The first-order valence-corrected chi connectivity index (χ1v) is 7.19. The van der Waals surface area contributed by atoms with Crippen molar-refractivity contribution in [3.63, 3.8) is 0 Å². The lowest BCUT2D eigenvalue weighted by Gasteiger charge is -2.37. The summed E-state index contributed by atoms with van der Waals surface area (Å²) in [4.78, 5) is 16.5. The van der Waals surface area contributed by atoms with Gasteiger partial charge >= 0.3 is 0 Å². The fourth-order valence-corrected chi connectivity index (χ4v) is 2.87.